The SMILES string of the molecule is Cc1cc2c(cc1[N+](=O)[O-])C(=O)c1ncc(Br)cc1CC2. The van der Waals surface area contributed by atoms with Crippen molar-refractivity contribution in [2.24, 2.45) is 0 Å². The van der Waals surface area contributed by atoms with Crippen LogP contribution in [-0.4, -0.2) is 15.7 Å². The Morgan fingerprint density at radius 3 is 2.67 bits per heavy atom. The Morgan fingerprint density at radius 1 is 1.24 bits per heavy atom. The fraction of sp³-hybridized carbons (Fsp3) is 0.200. The number of benzene rings is 1. The number of ketones is 1. The third-order valence-corrected chi connectivity index (χ3v) is 4.11. The van der Waals surface area contributed by atoms with Crippen LogP contribution < -0.4 is 0 Å². The highest BCUT2D eigenvalue weighted by atomic mass is 79.9. The maximum atomic E-state index is 12.6. The number of aryl methyl sites for hydroxylation is 3. The van der Waals surface area contributed by atoms with E-state index in [1.807, 2.05) is 6.07 Å². The van der Waals surface area contributed by atoms with E-state index in [1.165, 1.54) is 6.07 Å². The molecule has 1 aromatic heterocycles. The molecule has 0 spiro atoms. The molecular formula is C15H11BrN2O3. The van der Waals surface area contributed by atoms with E-state index in [0.29, 0.717) is 29.7 Å². The molecule has 0 amide bonds. The van der Waals surface area contributed by atoms with Gasteiger partial charge in [-0.3, -0.25) is 19.9 Å². The molecule has 5 nitrogen and oxygen atoms in total. The first kappa shape index (κ1) is 13.9. The van der Waals surface area contributed by atoms with Crippen LogP contribution in [0.1, 0.15) is 32.7 Å². The van der Waals surface area contributed by atoms with Gasteiger partial charge in [-0.1, -0.05) is 0 Å². The van der Waals surface area contributed by atoms with Gasteiger partial charge in [-0.15, -0.1) is 0 Å². The van der Waals surface area contributed by atoms with Crippen LogP contribution in [0.15, 0.2) is 28.9 Å². The molecular weight excluding hydrogens is 336 g/mol. The lowest BCUT2D eigenvalue weighted by molar-refractivity contribution is -0.385. The zero-order valence-electron chi connectivity index (χ0n) is 11.2. The number of carbonyl (C=O) groups is 1. The minimum atomic E-state index is -0.455. The van der Waals surface area contributed by atoms with E-state index in [9.17, 15) is 14.9 Å². The van der Waals surface area contributed by atoms with Gasteiger partial charge in [0, 0.05) is 27.9 Å². The number of aromatic nitrogens is 1. The van der Waals surface area contributed by atoms with Gasteiger partial charge < -0.3 is 0 Å². The Hall–Kier alpha value is -2.08. The lowest BCUT2D eigenvalue weighted by atomic mass is 9.98. The summed E-state index contributed by atoms with van der Waals surface area (Å²) in [5.41, 5.74) is 3.04. The summed E-state index contributed by atoms with van der Waals surface area (Å²) in [4.78, 5) is 27.4. The number of nitro benzene ring substituents is 1. The van der Waals surface area contributed by atoms with E-state index in [0.717, 1.165) is 15.6 Å². The number of carbonyl (C=O) groups excluding carboxylic acids is 1. The Morgan fingerprint density at radius 2 is 1.95 bits per heavy atom. The van der Waals surface area contributed by atoms with Crippen molar-refractivity contribution in [3.8, 4) is 0 Å². The van der Waals surface area contributed by atoms with Crippen molar-refractivity contribution in [1.29, 1.82) is 0 Å². The third kappa shape index (κ3) is 2.35. The Balaban J connectivity index is 2.20. The fourth-order valence-electron chi connectivity index (χ4n) is 2.64. The molecule has 2 aromatic rings. The summed E-state index contributed by atoms with van der Waals surface area (Å²) in [6.45, 7) is 1.69. The molecule has 6 heteroatoms. The Labute approximate surface area is 129 Å². The predicted octanol–water partition coefficient (Wildman–Crippen LogP) is 3.39. The summed E-state index contributed by atoms with van der Waals surface area (Å²) < 4.78 is 0.821. The summed E-state index contributed by atoms with van der Waals surface area (Å²) in [7, 11) is 0. The van der Waals surface area contributed by atoms with Gasteiger partial charge in [0.25, 0.3) is 5.69 Å². The number of rotatable bonds is 1. The molecule has 1 aromatic carbocycles. The van der Waals surface area contributed by atoms with E-state index >= 15 is 0 Å². The molecule has 0 bridgehead atoms. The van der Waals surface area contributed by atoms with Gasteiger partial charge >= 0.3 is 0 Å². The molecule has 21 heavy (non-hydrogen) atoms. The predicted molar refractivity (Wildman–Crippen MR) is 80.6 cm³/mol. The Bertz CT molecular complexity index is 787. The van der Waals surface area contributed by atoms with Crippen LogP contribution in [-0.2, 0) is 12.8 Å². The number of pyridine rings is 1. The van der Waals surface area contributed by atoms with Crippen molar-refractivity contribution < 1.29 is 9.72 Å². The fourth-order valence-corrected chi connectivity index (χ4v) is 3.02. The maximum Gasteiger partial charge on any atom is 0.273 e. The molecule has 1 aliphatic rings. The lowest BCUT2D eigenvalue weighted by Crippen LogP contribution is -2.08. The van der Waals surface area contributed by atoms with Gasteiger partial charge in [0.05, 0.1) is 4.92 Å². The number of hydrogen-bond acceptors (Lipinski definition) is 4. The molecule has 0 radical (unpaired) electrons. The molecule has 0 N–H and O–H groups in total. The summed E-state index contributed by atoms with van der Waals surface area (Å²) >= 11 is 3.35. The van der Waals surface area contributed by atoms with E-state index in [4.69, 9.17) is 0 Å². The van der Waals surface area contributed by atoms with E-state index in [2.05, 4.69) is 20.9 Å². The molecule has 0 saturated carbocycles. The minimum Gasteiger partial charge on any atom is -0.287 e. The molecule has 0 fully saturated rings. The van der Waals surface area contributed by atoms with Gasteiger partial charge in [0.15, 0.2) is 0 Å². The summed E-state index contributed by atoms with van der Waals surface area (Å²) in [5.74, 6) is -0.242. The monoisotopic (exact) mass is 346 g/mol. The van der Waals surface area contributed by atoms with Crippen molar-refractivity contribution in [2.75, 3.05) is 0 Å². The van der Waals surface area contributed by atoms with Crippen molar-refractivity contribution >= 4 is 27.4 Å². The summed E-state index contributed by atoms with van der Waals surface area (Å²) in [6.07, 6.45) is 2.94. The number of hydrogen-bond donors (Lipinski definition) is 0. The molecule has 0 aliphatic heterocycles. The zero-order valence-corrected chi connectivity index (χ0v) is 12.8. The normalized spacial score (nSPS) is 13.3. The molecule has 1 aliphatic carbocycles. The average molecular weight is 347 g/mol. The van der Waals surface area contributed by atoms with Crippen LogP contribution in [0, 0.1) is 17.0 Å². The summed E-state index contributed by atoms with van der Waals surface area (Å²) in [6, 6.07) is 5.01. The van der Waals surface area contributed by atoms with Crippen LogP contribution in [0.25, 0.3) is 0 Å². The van der Waals surface area contributed by atoms with E-state index in [-0.39, 0.29) is 11.5 Å². The smallest absolute Gasteiger partial charge is 0.273 e. The maximum absolute atomic E-state index is 12.6. The quantitative estimate of drug-likeness (QED) is 0.586. The summed E-state index contributed by atoms with van der Waals surface area (Å²) in [5, 5.41) is 11.1. The van der Waals surface area contributed by atoms with Crippen molar-refractivity contribution in [2.45, 2.75) is 19.8 Å². The average Bonchev–Trinajstić information content (AvgIpc) is 2.55. The van der Waals surface area contributed by atoms with Crippen LogP contribution >= 0.6 is 15.9 Å². The molecule has 0 atom stereocenters. The van der Waals surface area contributed by atoms with Crippen molar-refractivity contribution in [1.82, 2.24) is 4.98 Å². The number of fused-ring (bicyclic) bond motifs is 2. The largest absolute Gasteiger partial charge is 0.287 e. The van der Waals surface area contributed by atoms with Gasteiger partial charge in [0.1, 0.15) is 5.69 Å². The molecule has 0 unspecified atom stereocenters. The third-order valence-electron chi connectivity index (χ3n) is 3.68. The molecule has 3 rings (SSSR count). The van der Waals surface area contributed by atoms with Crippen LogP contribution in [0.4, 0.5) is 5.69 Å². The molecule has 0 saturated heterocycles. The second kappa shape index (κ2) is 5.04. The van der Waals surface area contributed by atoms with Crippen LogP contribution in [0.2, 0.25) is 0 Å². The van der Waals surface area contributed by atoms with Gasteiger partial charge in [0.2, 0.25) is 5.78 Å². The first-order chi connectivity index (χ1) is 9.97. The zero-order chi connectivity index (χ0) is 15.1. The molecule has 1 heterocycles. The van der Waals surface area contributed by atoms with Crippen LogP contribution in [0.3, 0.4) is 0 Å². The molecule has 106 valence electrons. The second-order valence-corrected chi connectivity index (χ2v) is 5.96. The number of nitro groups is 1. The van der Waals surface area contributed by atoms with Crippen LogP contribution in [0.5, 0.6) is 0 Å². The van der Waals surface area contributed by atoms with Gasteiger partial charge in [-0.25, -0.2) is 0 Å². The van der Waals surface area contributed by atoms with Crippen molar-refractivity contribution in [3.05, 3.63) is 66.9 Å². The van der Waals surface area contributed by atoms with Crippen molar-refractivity contribution in [3.63, 3.8) is 0 Å². The number of halogens is 1. The highest BCUT2D eigenvalue weighted by molar-refractivity contribution is 9.10. The second-order valence-electron chi connectivity index (χ2n) is 5.04. The topological polar surface area (TPSA) is 73.1 Å². The Kier molecular flexibility index (Phi) is 3.33. The standard InChI is InChI=1S/C15H11BrN2O3/c1-8-4-9-2-3-10-5-11(16)7-17-14(10)15(19)12(9)6-13(8)18(20)21/h4-7H,2-3H2,1H3. The highest BCUT2D eigenvalue weighted by Crippen LogP contribution is 2.30. The number of nitrogens with zero attached hydrogens (tertiary/aromatic N) is 2. The first-order valence-corrected chi connectivity index (χ1v) is 7.23. The lowest BCUT2D eigenvalue weighted by Gasteiger charge is -2.06. The minimum absolute atomic E-state index is 0.0253. The first-order valence-electron chi connectivity index (χ1n) is 6.44. The van der Waals surface area contributed by atoms with Gasteiger partial charge in [-0.05, 0) is 59.0 Å². The van der Waals surface area contributed by atoms with E-state index < -0.39 is 4.92 Å². The van der Waals surface area contributed by atoms with Gasteiger partial charge in [-0.2, -0.15) is 0 Å². The van der Waals surface area contributed by atoms with E-state index in [1.54, 1.807) is 19.2 Å². The highest BCUT2D eigenvalue weighted by Gasteiger charge is 2.26.